The van der Waals surface area contributed by atoms with Gasteiger partial charge in [0.15, 0.2) is 0 Å². The van der Waals surface area contributed by atoms with Gasteiger partial charge in [0.1, 0.15) is 11.5 Å². The van der Waals surface area contributed by atoms with Gasteiger partial charge in [-0.2, -0.15) is 0 Å². The molecule has 1 aliphatic carbocycles. The SMILES string of the molecule is COC1CCC12CCN(Cc1ccc(C)o1)CC2. The normalized spacial score (nSPS) is 27.3. The third-order valence-corrected chi connectivity index (χ3v) is 4.90. The van der Waals surface area contributed by atoms with Crippen molar-refractivity contribution in [2.75, 3.05) is 20.2 Å². The molecule has 1 unspecified atom stereocenters. The summed E-state index contributed by atoms with van der Waals surface area (Å²) in [4.78, 5) is 2.51. The van der Waals surface area contributed by atoms with Gasteiger partial charge in [-0.1, -0.05) is 0 Å². The molecule has 0 aromatic carbocycles. The molecule has 2 heterocycles. The summed E-state index contributed by atoms with van der Waals surface area (Å²) < 4.78 is 11.3. The first-order valence-corrected chi connectivity index (χ1v) is 7.02. The van der Waals surface area contributed by atoms with Gasteiger partial charge >= 0.3 is 0 Å². The Labute approximate surface area is 109 Å². The van der Waals surface area contributed by atoms with Crippen LogP contribution in [0.5, 0.6) is 0 Å². The molecule has 100 valence electrons. The Hall–Kier alpha value is -0.800. The number of nitrogens with zero attached hydrogens (tertiary/aromatic N) is 1. The number of likely N-dealkylation sites (tertiary alicyclic amines) is 1. The fourth-order valence-electron chi connectivity index (χ4n) is 3.56. The molecule has 1 saturated carbocycles. The van der Waals surface area contributed by atoms with Crippen molar-refractivity contribution in [3.63, 3.8) is 0 Å². The Balaban J connectivity index is 1.54. The Morgan fingerprint density at radius 2 is 2.11 bits per heavy atom. The Kier molecular flexibility index (Phi) is 3.20. The molecule has 18 heavy (non-hydrogen) atoms. The highest BCUT2D eigenvalue weighted by molar-refractivity contribution is 5.06. The van der Waals surface area contributed by atoms with Crippen LogP contribution in [0.3, 0.4) is 0 Å². The van der Waals surface area contributed by atoms with Gasteiger partial charge in [-0.25, -0.2) is 0 Å². The van der Waals surface area contributed by atoms with Crippen molar-refractivity contribution < 1.29 is 9.15 Å². The molecule has 3 rings (SSSR count). The minimum absolute atomic E-state index is 0.504. The summed E-state index contributed by atoms with van der Waals surface area (Å²) in [6, 6.07) is 4.15. The second kappa shape index (κ2) is 4.71. The Morgan fingerprint density at radius 1 is 1.33 bits per heavy atom. The predicted molar refractivity (Wildman–Crippen MR) is 70.4 cm³/mol. The van der Waals surface area contributed by atoms with Crippen molar-refractivity contribution >= 4 is 0 Å². The van der Waals surface area contributed by atoms with Crippen molar-refractivity contribution in [3.05, 3.63) is 23.7 Å². The standard InChI is InChI=1S/C15H23NO2/c1-12-3-4-13(18-12)11-16-9-7-15(8-10-16)6-5-14(15)17-2/h3-4,14H,5-11H2,1-2H3. The van der Waals surface area contributed by atoms with E-state index in [0.717, 1.165) is 18.1 Å². The van der Waals surface area contributed by atoms with Crippen LogP contribution < -0.4 is 0 Å². The van der Waals surface area contributed by atoms with E-state index in [1.165, 1.54) is 38.8 Å². The number of methoxy groups -OCH3 is 1. The fourth-order valence-corrected chi connectivity index (χ4v) is 3.56. The highest BCUT2D eigenvalue weighted by Crippen LogP contribution is 2.50. The lowest BCUT2D eigenvalue weighted by Crippen LogP contribution is -2.52. The number of piperidine rings is 1. The molecule has 0 amide bonds. The van der Waals surface area contributed by atoms with Gasteiger partial charge in [-0.15, -0.1) is 0 Å². The van der Waals surface area contributed by atoms with Crippen molar-refractivity contribution in [3.8, 4) is 0 Å². The van der Waals surface area contributed by atoms with Gasteiger partial charge in [0, 0.05) is 7.11 Å². The lowest BCUT2D eigenvalue weighted by Gasteiger charge is -2.53. The summed E-state index contributed by atoms with van der Waals surface area (Å²) >= 11 is 0. The zero-order chi connectivity index (χ0) is 12.6. The van der Waals surface area contributed by atoms with Crippen molar-refractivity contribution in [2.24, 2.45) is 5.41 Å². The van der Waals surface area contributed by atoms with E-state index >= 15 is 0 Å². The molecule has 1 aliphatic heterocycles. The van der Waals surface area contributed by atoms with Gasteiger partial charge in [-0.3, -0.25) is 4.90 Å². The largest absolute Gasteiger partial charge is 0.465 e. The minimum atomic E-state index is 0.504. The van der Waals surface area contributed by atoms with Crippen molar-refractivity contribution in [2.45, 2.75) is 45.3 Å². The molecule has 2 fully saturated rings. The number of ether oxygens (including phenoxy) is 1. The summed E-state index contributed by atoms with van der Waals surface area (Å²) in [5.74, 6) is 2.11. The highest BCUT2D eigenvalue weighted by Gasteiger charge is 2.48. The predicted octanol–water partition coefficient (Wildman–Crippen LogP) is 2.98. The van der Waals surface area contributed by atoms with E-state index in [2.05, 4.69) is 11.0 Å². The van der Waals surface area contributed by atoms with E-state index in [1.54, 1.807) is 0 Å². The summed E-state index contributed by atoms with van der Waals surface area (Å²) in [5.41, 5.74) is 0.504. The Bertz CT molecular complexity index is 402. The van der Waals surface area contributed by atoms with Gasteiger partial charge in [0.25, 0.3) is 0 Å². The summed E-state index contributed by atoms with van der Waals surface area (Å²) in [7, 11) is 1.86. The van der Waals surface area contributed by atoms with Crippen LogP contribution in [0.4, 0.5) is 0 Å². The third-order valence-electron chi connectivity index (χ3n) is 4.90. The maximum absolute atomic E-state index is 5.65. The summed E-state index contributed by atoms with van der Waals surface area (Å²) in [6.07, 6.45) is 5.70. The highest BCUT2D eigenvalue weighted by atomic mass is 16.5. The third kappa shape index (κ3) is 2.10. The second-order valence-electron chi connectivity index (χ2n) is 5.91. The first-order chi connectivity index (χ1) is 8.72. The van der Waals surface area contributed by atoms with Crippen LogP contribution in [0.1, 0.15) is 37.2 Å². The van der Waals surface area contributed by atoms with Gasteiger partial charge < -0.3 is 9.15 Å². The average molecular weight is 249 g/mol. The van der Waals surface area contributed by atoms with E-state index in [0.29, 0.717) is 11.5 Å². The zero-order valence-corrected chi connectivity index (χ0v) is 11.4. The van der Waals surface area contributed by atoms with Gasteiger partial charge in [0.05, 0.1) is 12.6 Å². The minimum Gasteiger partial charge on any atom is -0.465 e. The topological polar surface area (TPSA) is 25.6 Å². The van der Waals surface area contributed by atoms with Crippen LogP contribution in [-0.4, -0.2) is 31.2 Å². The van der Waals surface area contributed by atoms with Crippen LogP contribution in [0, 0.1) is 12.3 Å². The molecule has 1 aromatic heterocycles. The van der Waals surface area contributed by atoms with Crippen molar-refractivity contribution in [1.82, 2.24) is 4.90 Å². The van der Waals surface area contributed by atoms with Crippen LogP contribution in [0.25, 0.3) is 0 Å². The number of aryl methyl sites for hydroxylation is 1. The quantitative estimate of drug-likeness (QED) is 0.823. The van der Waals surface area contributed by atoms with Gasteiger partial charge in [-0.05, 0) is 63.2 Å². The average Bonchev–Trinajstić information content (AvgIpc) is 2.75. The van der Waals surface area contributed by atoms with E-state index in [9.17, 15) is 0 Å². The monoisotopic (exact) mass is 249 g/mol. The molecule has 0 N–H and O–H groups in total. The number of furan rings is 1. The van der Waals surface area contributed by atoms with Crippen molar-refractivity contribution in [1.29, 1.82) is 0 Å². The lowest BCUT2D eigenvalue weighted by molar-refractivity contribution is -0.121. The maximum atomic E-state index is 5.65. The molecule has 1 aromatic rings. The Morgan fingerprint density at radius 3 is 2.61 bits per heavy atom. The molecule has 1 spiro atoms. The molecule has 3 nitrogen and oxygen atoms in total. The molecular formula is C15H23NO2. The van der Waals surface area contributed by atoms with Crippen LogP contribution in [0.15, 0.2) is 16.5 Å². The van der Waals surface area contributed by atoms with E-state index < -0.39 is 0 Å². The summed E-state index contributed by atoms with van der Waals surface area (Å²) in [6.45, 7) is 5.33. The van der Waals surface area contributed by atoms with Crippen LogP contribution in [-0.2, 0) is 11.3 Å². The van der Waals surface area contributed by atoms with Crippen LogP contribution in [0.2, 0.25) is 0 Å². The first-order valence-electron chi connectivity index (χ1n) is 7.02. The lowest BCUT2D eigenvalue weighted by atomic mass is 9.61. The second-order valence-corrected chi connectivity index (χ2v) is 5.91. The molecule has 1 atom stereocenters. The molecule has 1 saturated heterocycles. The first kappa shape index (κ1) is 12.2. The molecular weight excluding hydrogens is 226 g/mol. The molecule has 2 aliphatic rings. The summed E-state index contributed by atoms with van der Waals surface area (Å²) in [5, 5.41) is 0. The zero-order valence-electron chi connectivity index (χ0n) is 11.4. The van der Waals surface area contributed by atoms with E-state index in [1.807, 2.05) is 20.1 Å². The number of hydrogen-bond donors (Lipinski definition) is 0. The number of rotatable bonds is 3. The van der Waals surface area contributed by atoms with E-state index in [4.69, 9.17) is 9.15 Å². The fraction of sp³-hybridized carbons (Fsp3) is 0.733. The van der Waals surface area contributed by atoms with Gasteiger partial charge in [0.2, 0.25) is 0 Å². The number of hydrogen-bond acceptors (Lipinski definition) is 3. The maximum Gasteiger partial charge on any atom is 0.118 e. The molecule has 0 bridgehead atoms. The molecule has 3 heteroatoms. The van der Waals surface area contributed by atoms with E-state index in [-0.39, 0.29) is 0 Å². The van der Waals surface area contributed by atoms with Crippen LogP contribution >= 0.6 is 0 Å². The smallest absolute Gasteiger partial charge is 0.118 e. The molecule has 0 radical (unpaired) electrons.